The first-order valence-corrected chi connectivity index (χ1v) is 7.82. The number of aromatic nitrogens is 2. The van der Waals surface area contributed by atoms with Crippen LogP contribution in [0.1, 0.15) is 5.56 Å². The van der Waals surface area contributed by atoms with Gasteiger partial charge < -0.3 is 9.80 Å². The number of hydrogen-bond donors (Lipinski definition) is 1. The lowest BCUT2D eigenvalue weighted by atomic mass is 10.2. The molecule has 1 aliphatic heterocycles. The second-order valence-corrected chi connectivity index (χ2v) is 5.64. The molecular weight excluding hydrogens is 306 g/mol. The van der Waals surface area contributed by atoms with E-state index in [-0.39, 0.29) is 5.95 Å². The van der Waals surface area contributed by atoms with Gasteiger partial charge in [-0.15, -0.1) is 0 Å². The molecule has 7 nitrogen and oxygen atoms in total. The van der Waals surface area contributed by atoms with Gasteiger partial charge in [-0.2, -0.15) is 0 Å². The van der Waals surface area contributed by atoms with Crippen molar-refractivity contribution in [2.75, 3.05) is 36.4 Å². The van der Waals surface area contributed by atoms with Crippen molar-refractivity contribution in [1.29, 1.82) is 0 Å². The van der Waals surface area contributed by atoms with E-state index >= 15 is 0 Å². The van der Waals surface area contributed by atoms with Gasteiger partial charge in [-0.25, -0.2) is 9.97 Å². The average Bonchev–Trinajstić information content (AvgIpc) is 2.62. The molecule has 2 aromatic rings. The Morgan fingerprint density at radius 3 is 2.42 bits per heavy atom. The van der Waals surface area contributed by atoms with E-state index in [1.54, 1.807) is 11.0 Å². The van der Waals surface area contributed by atoms with Crippen LogP contribution in [-0.4, -0.2) is 52.9 Å². The summed E-state index contributed by atoms with van der Waals surface area (Å²) in [5, 5.41) is 2.42. The Bertz CT molecular complexity index is 727. The second kappa shape index (κ2) is 7.08. The van der Waals surface area contributed by atoms with Crippen LogP contribution in [0.5, 0.6) is 0 Å². The first-order valence-electron chi connectivity index (χ1n) is 7.82. The number of benzene rings is 1. The van der Waals surface area contributed by atoms with Gasteiger partial charge in [0.1, 0.15) is 0 Å². The maximum absolute atomic E-state index is 12.2. The third-order valence-corrected chi connectivity index (χ3v) is 3.92. The van der Waals surface area contributed by atoms with E-state index in [0.717, 1.165) is 5.69 Å². The summed E-state index contributed by atoms with van der Waals surface area (Å²) in [6.07, 6.45) is 3.02. The molecule has 124 valence electrons. The Hall–Kier alpha value is -2.96. The summed E-state index contributed by atoms with van der Waals surface area (Å²) in [7, 11) is 0. The zero-order valence-corrected chi connectivity index (χ0v) is 13.5. The van der Waals surface area contributed by atoms with Gasteiger partial charge in [0.15, 0.2) is 0 Å². The molecule has 0 bridgehead atoms. The Balaban J connectivity index is 1.56. The van der Waals surface area contributed by atoms with Crippen LogP contribution in [0.4, 0.5) is 11.6 Å². The number of nitrogens with zero attached hydrogens (tertiary/aromatic N) is 4. The number of carbonyl (C=O) groups is 2. The van der Waals surface area contributed by atoms with E-state index < -0.39 is 11.8 Å². The fourth-order valence-electron chi connectivity index (χ4n) is 2.65. The molecule has 24 heavy (non-hydrogen) atoms. The highest BCUT2D eigenvalue weighted by Crippen LogP contribution is 2.17. The number of carbonyl (C=O) groups excluding carboxylic acids is 2. The molecule has 1 saturated heterocycles. The lowest BCUT2D eigenvalue weighted by Crippen LogP contribution is -2.51. The molecular formula is C17H19N5O2. The summed E-state index contributed by atoms with van der Waals surface area (Å²) >= 11 is 0. The molecule has 1 aromatic carbocycles. The molecule has 2 amide bonds. The predicted molar refractivity (Wildman–Crippen MR) is 90.6 cm³/mol. The van der Waals surface area contributed by atoms with E-state index in [1.165, 1.54) is 18.0 Å². The molecule has 1 aromatic heterocycles. The van der Waals surface area contributed by atoms with Crippen LogP contribution in [0, 0.1) is 6.92 Å². The molecule has 0 aliphatic carbocycles. The minimum Gasteiger partial charge on any atom is -0.368 e. The lowest BCUT2D eigenvalue weighted by Gasteiger charge is -2.35. The molecule has 0 radical (unpaired) electrons. The summed E-state index contributed by atoms with van der Waals surface area (Å²) in [5.74, 6) is -1.12. The second-order valence-electron chi connectivity index (χ2n) is 5.64. The lowest BCUT2D eigenvalue weighted by molar-refractivity contribution is -0.143. The van der Waals surface area contributed by atoms with Crippen LogP contribution in [0.3, 0.4) is 0 Å². The SMILES string of the molecule is Cc1cccc(N2CCN(C(=O)C(=O)Nc3ncccn3)CC2)c1. The van der Waals surface area contributed by atoms with Gasteiger partial charge in [-0.05, 0) is 30.7 Å². The fourth-order valence-corrected chi connectivity index (χ4v) is 2.65. The van der Waals surface area contributed by atoms with E-state index in [0.29, 0.717) is 26.2 Å². The molecule has 0 atom stereocenters. The van der Waals surface area contributed by atoms with Crippen molar-refractivity contribution in [3.8, 4) is 0 Å². The number of nitrogens with one attached hydrogen (secondary N) is 1. The molecule has 0 unspecified atom stereocenters. The first kappa shape index (κ1) is 15.9. The van der Waals surface area contributed by atoms with Crippen LogP contribution >= 0.6 is 0 Å². The van der Waals surface area contributed by atoms with Crippen LogP contribution in [-0.2, 0) is 9.59 Å². The number of anilines is 2. The molecule has 1 aliphatic rings. The van der Waals surface area contributed by atoms with E-state index in [9.17, 15) is 9.59 Å². The summed E-state index contributed by atoms with van der Waals surface area (Å²) in [6.45, 7) is 4.47. The third kappa shape index (κ3) is 3.68. The van der Waals surface area contributed by atoms with Crippen LogP contribution in [0.2, 0.25) is 0 Å². The topological polar surface area (TPSA) is 78.4 Å². The van der Waals surface area contributed by atoms with Crippen LogP contribution in [0.15, 0.2) is 42.7 Å². The van der Waals surface area contributed by atoms with Crippen molar-refractivity contribution in [2.45, 2.75) is 6.92 Å². The molecule has 1 fully saturated rings. The number of piperazine rings is 1. The van der Waals surface area contributed by atoms with Crippen LogP contribution in [0.25, 0.3) is 0 Å². The zero-order valence-electron chi connectivity index (χ0n) is 13.5. The minimum atomic E-state index is -0.704. The van der Waals surface area contributed by atoms with Crippen molar-refractivity contribution < 1.29 is 9.59 Å². The van der Waals surface area contributed by atoms with Gasteiger partial charge in [0, 0.05) is 44.3 Å². The molecule has 0 saturated carbocycles. The van der Waals surface area contributed by atoms with Crippen molar-refractivity contribution in [3.05, 3.63) is 48.3 Å². The summed E-state index contributed by atoms with van der Waals surface area (Å²) in [6, 6.07) is 9.90. The van der Waals surface area contributed by atoms with Crippen LogP contribution < -0.4 is 10.2 Å². The van der Waals surface area contributed by atoms with Gasteiger partial charge >= 0.3 is 11.8 Å². The van der Waals surface area contributed by atoms with Crippen molar-refractivity contribution in [3.63, 3.8) is 0 Å². The summed E-state index contributed by atoms with van der Waals surface area (Å²) in [5.41, 5.74) is 2.34. The van der Waals surface area contributed by atoms with E-state index in [4.69, 9.17) is 0 Å². The highest BCUT2D eigenvalue weighted by atomic mass is 16.2. The largest absolute Gasteiger partial charge is 0.368 e. The maximum Gasteiger partial charge on any atom is 0.316 e. The van der Waals surface area contributed by atoms with Crippen molar-refractivity contribution >= 4 is 23.5 Å². The Kier molecular flexibility index (Phi) is 4.69. The van der Waals surface area contributed by atoms with Gasteiger partial charge in [0.05, 0.1) is 0 Å². The number of amides is 2. The number of aryl methyl sites for hydroxylation is 1. The van der Waals surface area contributed by atoms with Gasteiger partial charge in [0.2, 0.25) is 5.95 Å². The normalized spacial score (nSPS) is 14.4. The smallest absolute Gasteiger partial charge is 0.316 e. The maximum atomic E-state index is 12.2. The van der Waals surface area contributed by atoms with E-state index in [2.05, 4.69) is 45.3 Å². The Labute approximate surface area is 140 Å². The molecule has 1 N–H and O–H groups in total. The van der Waals surface area contributed by atoms with Gasteiger partial charge in [0.25, 0.3) is 0 Å². The quantitative estimate of drug-likeness (QED) is 0.836. The summed E-state index contributed by atoms with van der Waals surface area (Å²) < 4.78 is 0. The van der Waals surface area contributed by atoms with Crippen molar-refractivity contribution in [2.24, 2.45) is 0 Å². The Morgan fingerprint density at radius 2 is 1.75 bits per heavy atom. The fraction of sp³-hybridized carbons (Fsp3) is 0.294. The predicted octanol–water partition coefficient (Wildman–Crippen LogP) is 1.07. The highest BCUT2D eigenvalue weighted by molar-refractivity contribution is 6.39. The van der Waals surface area contributed by atoms with Gasteiger partial charge in [-0.3, -0.25) is 14.9 Å². The zero-order chi connectivity index (χ0) is 16.9. The highest BCUT2D eigenvalue weighted by Gasteiger charge is 2.26. The first-order chi connectivity index (χ1) is 11.6. The molecule has 2 heterocycles. The van der Waals surface area contributed by atoms with Gasteiger partial charge in [-0.1, -0.05) is 12.1 Å². The molecule has 0 spiro atoms. The Morgan fingerprint density at radius 1 is 1.04 bits per heavy atom. The number of hydrogen-bond acceptors (Lipinski definition) is 5. The van der Waals surface area contributed by atoms with E-state index in [1.807, 2.05) is 6.07 Å². The third-order valence-electron chi connectivity index (χ3n) is 3.92. The molecule has 7 heteroatoms. The average molecular weight is 325 g/mol. The number of rotatable bonds is 2. The minimum absolute atomic E-state index is 0.134. The molecule has 3 rings (SSSR count). The van der Waals surface area contributed by atoms with Crippen molar-refractivity contribution in [1.82, 2.24) is 14.9 Å². The standard InChI is InChI=1S/C17H19N5O2/c1-13-4-2-5-14(12-13)21-8-10-22(11-9-21)16(24)15(23)20-17-18-6-3-7-19-17/h2-7,12H,8-11H2,1H3,(H,18,19,20,23). The summed E-state index contributed by atoms with van der Waals surface area (Å²) in [4.78, 5) is 35.8. The monoisotopic (exact) mass is 325 g/mol.